The number of anilines is 1. The molecule has 0 radical (unpaired) electrons. The molecule has 1 aromatic heterocycles. The molecule has 2 aromatic carbocycles. The predicted octanol–water partition coefficient (Wildman–Crippen LogP) is 4.49. The second kappa shape index (κ2) is 5.90. The average molecular weight is 314 g/mol. The number of hydrogen-bond acceptors (Lipinski definition) is 3. The van der Waals surface area contributed by atoms with Gasteiger partial charge in [-0.2, -0.15) is 0 Å². The first-order chi connectivity index (χ1) is 10.6. The van der Waals surface area contributed by atoms with Crippen LogP contribution in [0.1, 0.15) is 0 Å². The molecule has 0 spiro atoms. The van der Waals surface area contributed by atoms with E-state index in [4.69, 9.17) is 12.2 Å². The lowest BCUT2D eigenvalue weighted by molar-refractivity contribution is 0.459. The van der Waals surface area contributed by atoms with Crippen LogP contribution in [0, 0.1) is 5.82 Å². The summed E-state index contributed by atoms with van der Waals surface area (Å²) in [7, 11) is 0. The number of aromatic hydroxyl groups is 1. The largest absolute Gasteiger partial charge is 0.493 e. The van der Waals surface area contributed by atoms with Gasteiger partial charge in [-0.05, 0) is 30.4 Å². The summed E-state index contributed by atoms with van der Waals surface area (Å²) in [6.07, 6.45) is 0. The van der Waals surface area contributed by atoms with Gasteiger partial charge in [0.25, 0.3) is 0 Å². The number of fused-ring (bicyclic) bond motifs is 1. The second-order valence-electron chi connectivity index (χ2n) is 4.48. The molecule has 0 saturated heterocycles. The summed E-state index contributed by atoms with van der Waals surface area (Å²) >= 11 is 5.06. The number of nitrogens with zero attached hydrogens (tertiary/aromatic N) is 2. The summed E-state index contributed by atoms with van der Waals surface area (Å²) in [4.78, 5) is 2.53. The van der Waals surface area contributed by atoms with E-state index in [0.717, 1.165) is 5.69 Å². The zero-order chi connectivity index (χ0) is 15.5. The van der Waals surface area contributed by atoms with E-state index in [1.165, 1.54) is 12.1 Å². The van der Waals surface area contributed by atoms with E-state index < -0.39 is 5.82 Å². The number of H-pyrrole nitrogens is 1. The van der Waals surface area contributed by atoms with Crippen molar-refractivity contribution in [2.75, 3.05) is 5.32 Å². The van der Waals surface area contributed by atoms with Crippen LogP contribution in [0.2, 0.25) is 0 Å². The first kappa shape index (κ1) is 14.2. The molecule has 0 aliphatic rings. The first-order valence-corrected chi connectivity index (χ1v) is 6.83. The van der Waals surface area contributed by atoms with E-state index >= 15 is 0 Å². The third-order valence-electron chi connectivity index (χ3n) is 3.00. The lowest BCUT2D eigenvalue weighted by Gasteiger charge is -2.01. The Morgan fingerprint density at radius 3 is 2.68 bits per heavy atom. The van der Waals surface area contributed by atoms with E-state index in [2.05, 4.69) is 20.5 Å². The molecule has 0 aliphatic carbocycles. The second-order valence-corrected chi connectivity index (χ2v) is 4.87. The molecule has 0 atom stereocenters. The quantitative estimate of drug-likeness (QED) is 0.482. The maximum Gasteiger partial charge on any atom is 0.218 e. The maximum atomic E-state index is 13.6. The van der Waals surface area contributed by atoms with Crippen LogP contribution in [0.15, 0.2) is 58.8 Å². The van der Waals surface area contributed by atoms with Gasteiger partial charge in [-0.3, -0.25) is 0 Å². The Bertz CT molecular complexity index is 861. The zero-order valence-electron chi connectivity index (χ0n) is 11.2. The highest BCUT2D eigenvalue weighted by molar-refractivity contribution is 7.80. The third kappa shape index (κ3) is 2.79. The van der Waals surface area contributed by atoms with Gasteiger partial charge < -0.3 is 15.4 Å². The summed E-state index contributed by atoms with van der Waals surface area (Å²) in [5.74, 6) is -0.731. The fourth-order valence-corrected chi connectivity index (χ4v) is 2.18. The van der Waals surface area contributed by atoms with Crippen LogP contribution >= 0.6 is 12.2 Å². The lowest BCUT2D eigenvalue weighted by atomic mass is 10.2. The molecule has 0 unspecified atom stereocenters. The zero-order valence-corrected chi connectivity index (χ0v) is 12.1. The molecule has 110 valence electrons. The minimum Gasteiger partial charge on any atom is -0.493 e. The predicted molar refractivity (Wildman–Crippen MR) is 87.1 cm³/mol. The Kier molecular flexibility index (Phi) is 3.80. The van der Waals surface area contributed by atoms with Gasteiger partial charge in [-0.1, -0.05) is 30.3 Å². The monoisotopic (exact) mass is 314 g/mol. The number of rotatable bonds is 2. The molecule has 0 bridgehead atoms. The molecule has 0 aliphatic heterocycles. The standard InChI is InChI=1S/C15H11FN4OS/c16-11-8-4-7-10-12(11)18-14(21)13(10)19-20-15(22)17-9-5-2-1-3-6-9/h1-8,18,21H,(H,17,22). The molecule has 3 N–H and O–H groups in total. The number of azo groups is 1. The molecule has 22 heavy (non-hydrogen) atoms. The van der Waals surface area contributed by atoms with Crippen molar-refractivity contribution < 1.29 is 9.50 Å². The number of aromatic amines is 1. The number of nitrogens with one attached hydrogen (secondary N) is 2. The SMILES string of the molecule is Oc1[nH]c2c(F)cccc2c1N=NC(=S)Nc1ccccc1. The third-order valence-corrected chi connectivity index (χ3v) is 3.19. The smallest absolute Gasteiger partial charge is 0.218 e. The number of aromatic nitrogens is 1. The number of halogens is 1. The molecule has 7 heteroatoms. The van der Waals surface area contributed by atoms with Crippen molar-refractivity contribution >= 4 is 39.6 Å². The molecule has 3 aromatic rings. The van der Waals surface area contributed by atoms with Gasteiger partial charge in [-0.15, -0.1) is 10.2 Å². The van der Waals surface area contributed by atoms with Gasteiger partial charge in [0.1, 0.15) is 5.82 Å². The molecule has 0 saturated carbocycles. The van der Waals surface area contributed by atoms with Crippen molar-refractivity contribution in [1.29, 1.82) is 0 Å². The van der Waals surface area contributed by atoms with Crippen LogP contribution in [0.4, 0.5) is 15.8 Å². The highest BCUT2D eigenvalue weighted by Crippen LogP contribution is 2.36. The van der Waals surface area contributed by atoms with Gasteiger partial charge in [-0.25, -0.2) is 4.39 Å². The van der Waals surface area contributed by atoms with Crippen LogP contribution in [0.3, 0.4) is 0 Å². The number of hydrogen-bond donors (Lipinski definition) is 3. The van der Waals surface area contributed by atoms with Crippen molar-refractivity contribution in [2.24, 2.45) is 10.2 Å². The van der Waals surface area contributed by atoms with E-state index in [1.807, 2.05) is 30.3 Å². The Morgan fingerprint density at radius 2 is 1.91 bits per heavy atom. The minimum atomic E-state index is -0.473. The average Bonchev–Trinajstić information content (AvgIpc) is 2.83. The topological polar surface area (TPSA) is 72.8 Å². The Labute approximate surface area is 130 Å². The van der Waals surface area contributed by atoms with Crippen LogP contribution in [0.5, 0.6) is 5.88 Å². The number of benzene rings is 2. The van der Waals surface area contributed by atoms with Crippen molar-refractivity contribution in [3.05, 3.63) is 54.3 Å². The van der Waals surface area contributed by atoms with Crippen LogP contribution in [-0.2, 0) is 0 Å². The number of thiocarbonyl (C=S) groups is 1. The van der Waals surface area contributed by atoms with Crippen LogP contribution in [-0.4, -0.2) is 15.2 Å². The Balaban J connectivity index is 1.85. The van der Waals surface area contributed by atoms with E-state index in [-0.39, 0.29) is 22.2 Å². The molecular formula is C15H11FN4OS. The highest BCUT2D eigenvalue weighted by Gasteiger charge is 2.13. The molecule has 0 amide bonds. The fraction of sp³-hybridized carbons (Fsp3) is 0. The van der Waals surface area contributed by atoms with Crippen LogP contribution < -0.4 is 5.32 Å². The molecule has 0 fully saturated rings. The van der Waals surface area contributed by atoms with Gasteiger partial charge >= 0.3 is 0 Å². The molecular weight excluding hydrogens is 303 g/mol. The lowest BCUT2D eigenvalue weighted by Crippen LogP contribution is -2.04. The summed E-state index contributed by atoms with van der Waals surface area (Å²) in [6, 6.07) is 13.7. The minimum absolute atomic E-state index is 0.136. The van der Waals surface area contributed by atoms with E-state index in [9.17, 15) is 9.50 Å². The van der Waals surface area contributed by atoms with Gasteiger partial charge in [0.2, 0.25) is 11.0 Å². The summed E-state index contributed by atoms with van der Waals surface area (Å²) in [6.45, 7) is 0. The highest BCUT2D eigenvalue weighted by atomic mass is 32.1. The molecule has 5 nitrogen and oxygen atoms in total. The summed E-state index contributed by atoms with van der Waals surface area (Å²) in [5, 5.41) is 21.0. The van der Waals surface area contributed by atoms with E-state index in [0.29, 0.717) is 5.39 Å². The first-order valence-electron chi connectivity index (χ1n) is 6.42. The normalized spacial score (nSPS) is 11.1. The number of para-hydroxylation sites is 2. The van der Waals surface area contributed by atoms with Crippen molar-refractivity contribution in [3.63, 3.8) is 0 Å². The van der Waals surface area contributed by atoms with E-state index in [1.54, 1.807) is 6.07 Å². The summed E-state index contributed by atoms with van der Waals surface area (Å²) < 4.78 is 13.6. The fourth-order valence-electron chi connectivity index (χ4n) is 2.02. The van der Waals surface area contributed by atoms with Gasteiger partial charge in [0.05, 0.1) is 5.52 Å². The van der Waals surface area contributed by atoms with Gasteiger partial charge in [0.15, 0.2) is 5.69 Å². The Hall–Kier alpha value is -2.80. The molecule has 3 rings (SSSR count). The van der Waals surface area contributed by atoms with Crippen LogP contribution in [0.25, 0.3) is 10.9 Å². The summed E-state index contributed by atoms with van der Waals surface area (Å²) in [5.41, 5.74) is 1.10. The Morgan fingerprint density at radius 1 is 1.14 bits per heavy atom. The maximum absolute atomic E-state index is 13.6. The molecule has 1 heterocycles. The van der Waals surface area contributed by atoms with Crippen molar-refractivity contribution in [3.8, 4) is 5.88 Å². The van der Waals surface area contributed by atoms with Gasteiger partial charge in [0, 0.05) is 11.1 Å². The van der Waals surface area contributed by atoms with Crippen molar-refractivity contribution in [1.82, 2.24) is 4.98 Å². The van der Waals surface area contributed by atoms with Crippen molar-refractivity contribution in [2.45, 2.75) is 0 Å².